The quantitative estimate of drug-likeness (QED) is 0.561. The van der Waals surface area contributed by atoms with Crippen LogP contribution in [0.2, 0.25) is 0 Å². The highest BCUT2D eigenvalue weighted by molar-refractivity contribution is 8.00. The van der Waals surface area contributed by atoms with Crippen LogP contribution in [-0.2, 0) is 9.59 Å². The third-order valence-electron chi connectivity index (χ3n) is 1.51. The molecule has 5 nitrogen and oxygen atoms in total. The summed E-state index contributed by atoms with van der Waals surface area (Å²) in [5.74, 6) is -1.39. The lowest BCUT2D eigenvalue weighted by Crippen LogP contribution is -2.37. The maximum absolute atomic E-state index is 10.4. The molecule has 1 aliphatic heterocycles. The van der Waals surface area contributed by atoms with Crippen molar-refractivity contribution in [1.29, 1.82) is 0 Å². The molecule has 1 unspecified atom stereocenters. The van der Waals surface area contributed by atoms with Crippen molar-refractivity contribution >= 4 is 23.7 Å². The number of carboxylic acids is 2. The minimum Gasteiger partial charge on any atom is -0.481 e. The predicted molar refractivity (Wildman–Crippen MR) is 43.1 cm³/mol. The van der Waals surface area contributed by atoms with Gasteiger partial charge in [-0.05, 0) is 0 Å². The van der Waals surface area contributed by atoms with Crippen molar-refractivity contribution in [3.05, 3.63) is 0 Å². The molecule has 2 atom stereocenters. The summed E-state index contributed by atoms with van der Waals surface area (Å²) in [6, 6.07) is -0.598. The molecule has 0 amide bonds. The Labute approximate surface area is 73.1 Å². The lowest BCUT2D eigenvalue weighted by atomic mass is 10.3. The molecule has 3 N–H and O–H groups in total. The number of thioether (sulfide) groups is 1. The fraction of sp³-hybridized carbons (Fsp3) is 0.667. The summed E-state index contributed by atoms with van der Waals surface area (Å²) in [4.78, 5) is 20.6. The van der Waals surface area contributed by atoms with E-state index in [1.165, 1.54) is 11.8 Å². The van der Waals surface area contributed by atoms with Gasteiger partial charge in [0.25, 0.3) is 0 Å². The third kappa shape index (κ3) is 2.38. The number of rotatable bonds is 3. The molecule has 6 heteroatoms. The van der Waals surface area contributed by atoms with Gasteiger partial charge < -0.3 is 10.2 Å². The zero-order valence-electron chi connectivity index (χ0n) is 6.19. The Morgan fingerprint density at radius 2 is 2.17 bits per heavy atom. The standard InChI is InChI=1S/C6H9NO4S/c8-5(9)1-4-7-3(2-12-4)6(10)11/h3-4,7H,1-2H2,(H,8,9)(H,10,11)/t3?,4-/m1/s1. The van der Waals surface area contributed by atoms with Crippen molar-refractivity contribution in [2.75, 3.05) is 5.75 Å². The second-order valence-electron chi connectivity index (χ2n) is 2.48. The van der Waals surface area contributed by atoms with Crippen LogP contribution in [0.5, 0.6) is 0 Å². The average molecular weight is 191 g/mol. The minimum atomic E-state index is -0.921. The van der Waals surface area contributed by atoms with Crippen LogP contribution in [0.3, 0.4) is 0 Å². The Kier molecular flexibility index (Phi) is 2.93. The first-order valence-electron chi connectivity index (χ1n) is 3.42. The first kappa shape index (κ1) is 9.34. The first-order chi connectivity index (χ1) is 5.59. The summed E-state index contributed by atoms with van der Waals surface area (Å²) in [7, 11) is 0. The SMILES string of the molecule is O=C(O)C[C@@H]1NC(C(=O)O)CS1. The fourth-order valence-electron chi connectivity index (χ4n) is 0.952. The van der Waals surface area contributed by atoms with Crippen LogP contribution >= 0.6 is 11.8 Å². The van der Waals surface area contributed by atoms with Crippen molar-refractivity contribution < 1.29 is 19.8 Å². The molecule has 0 aromatic heterocycles. The number of carbonyl (C=O) groups is 2. The average Bonchev–Trinajstić information content (AvgIpc) is 2.34. The number of carboxylic acid groups (broad SMARTS) is 2. The van der Waals surface area contributed by atoms with Crippen LogP contribution in [0, 0.1) is 0 Å². The molecule has 12 heavy (non-hydrogen) atoms. The van der Waals surface area contributed by atoms with Crippen molar-refractivity contribution in [2.24, 2.45) is 0 Å². The molecule has 0 aromatic carbocycles. The Balaban J connectivity index is 2.35. The third-order valence-corrected chi connectivity index (χ3v) is 2.74. The highest BCUT2D eigenvalue weighted by Crippen LogP contribution is 2.21. The lowest BCUT2D eigenvalue weighted by molar-refractivity contribution is -0.140. The number of nitrogens with one attached hydrogen (secondary N) is 1. The van der Waals surface area contributed by atoms with Gasteiger partial charge in [0.2, 0.25) is 0 Å². The highest BCUT2D eigenvalue weighted by atomic mass is 32.2. The van der Waals surface area contributed by atoms with Gasteiger partial charge >= 0.3 is 11.9 Å². The molecule has 68 valence electrons. The molecule has 0 bridgehead atoms. The Morgan fingerprint density at radius 3 is 2.58 bits per heavy atom. The highest BCUT2D eigenvalue weighted by Gasteiger charge is 2.30. The van der Waals surface area contributed by atoms with E-state index in [1.807, 2.05) is 0 Å². The van der Waals surface area contributed by atoms with Gasteiger partial charge in [-0.2, -0.15) is 0 Å². The van der Waals surface area contributed by atoms with Crippen LogP contribution in [0.15, 0.2) is 0 Å². The molecule has 1 rings (SSSR count). The van der Waals surface area contributed by atoms with Crippen molar-refractivity contribution in [3.63, 3.8) is 0 Å². The summed E-state index contributed by atoms with van der Waals surface area (Å²) >= 11 is 1.33. The summed E-state index contributed by atoms with van der Waals surface area (Å²) in [5, 5.41) is 19.4. The summed E-state index contributed by atoms with van der Waals surface area (Å²) < 4.78 is 0. The van der Waals surface area contributed by atoms with Gasteiger partial charge in [0.05, 0.1) is 11.8 Å². The molecule has 0 spiro atoms. The zero-order chi connectivity index (χ0) is 9.14. The molecule has 1 heterocycles. The van der Waals surface area contributed by atoms with E-state index < -0.39 is 18.0 Å². The summed E-state index contributed by atoms with van der Waals surface area (Å²) in [6.07, 6.45) is -0.0333. The van der Waals surface area contributed by atoms with E-state index in [9.17, 15) is 9.59 Å². The second-order valence-corrected chi connectivity index (χ2v) is 3.71. The molecule has 1 fully saturated rings. The van der Waals surface area contributed by atoms with Crippen LogP contribution in [0.4, 0.5) is 0 Å². The van der Waals surface area contributed by atoms with Crippen LogP contribution in [0.25, 0.3) is 0 Å². The van der Waals surface area contributed by atoms with Gasteiger partial charge in [-0.3, -0.25) is 14.9 Å². The molecule has 0 radical (unpaired) electrons. The second kappa shape index (κ2) is 3.77. The lowest BCUT2D eigenvalue weighted by Gasteiger charge is -2.06. The smallest absolute Gasteiger partial charge is 0.321 e. The number of hydrogen-bond acceptors (Lipinski definition) is 4. The topological polar surface area (TPSA) is 86.6 Å². The van der Waals surface area contributed by atoms with Gasteiger partial charge in [0.1, 0.15) is 6.04 Å². The largest absolute Gasteiger partial charge is 0.481 e. The summed E-state index contributed by atoms with van der Waals surface area (Å²) in [6.45, 7) is 0. The van der Waals surface area contributed by atoms with Crippen molar-refractivity contribution in [3.8, 4) is 0 Å². The molecule has 0 aromatic rings. The van der Waals surface area contributed by atoms with Gasteiger partial charge in [-0.1, -0.05) is 0 Å². The van der Waals surface area contributed by atoms with Crippen molar-refractivity contribution in [2.45, 2.75) is 17.8 Å². The number of hydrogen-bond donors (Lipinski definition) is 3. The van der Waals surface area contributed by atoms with E-state index >= 15 is 0 Å². The van der Waals surface area contributed by atoms with Gasteiger partial charge in [-0.15, -0.1) is 11.8 Å². The number of aliphatic carboxylic acids is 2. The Hall–Kier alpha value is -0.750. The zero-order valence-corrected chi connectivity index (χ0v) is 7.00. The maximum Gasteiger partial charge on any atom is 0.321 e. The first-order valence-corrected chi connectivity index (χ1v) is 4.46. The van der Waals surface area contributed by atoms with E-state index in [0.717, 1.165) is 0 Å². The fourth-order valence-corrected chi connectivity index (χ4v) is 2.14. The van der Waals surface area contributed by atoms with Crippen LogP contribution in [-0.4, -0.2) is 39.3 Å². The Bertz CT molecular complexity index is 208. The predicted octanol–water partition coefficient (Wildman–Crippen LogP) is -0.423. The van der Waals surface area contributed by atoms with E-state index in [0.29, 0.717) is 5.75 Å². The molecular weight excluding hydrogens is 182 g/mol. The minimum absolute atomic E-state index is 0.0333. The summed E-state index contributed by atoms with van der Waals surface area (Å²) in [5.41, 5.74) is 0. The van der Waals surface area contributed by atoms with E-state index in [-0.39, 0.29) is 11.8 Å². The van der Waals surface area contributed by atoms with Gasteiger partial charge in [-0.25, -0.2) is 0 Å². The Morgan fingerprint density at radius 1 is 1.50 bits per heavy atom. The van der Waals surface area contributed by atoms with Crippen LogP contribution in [0.1, 0.15) is 6.42 Å². The molecule has 0 saturated carbocycles. The van der Waals surface area contributed by atoms with Gasteiger partial charge in [0, 0.05) is 5.75 Å². The van der Waals surface area contributed by atoms with Crippen molar-refractivity contribution in [1.82, 2.24) is 5.32 Å². The molecule has 1 aliphatic rings. The van der Waals surface area contributed by atoms with Crippen LogP contribution < -0.4 is 5.32 Å². The maximum atomic E-state index is 10.4. The molecular formula is C6H9NO4S. The van der Waals surface area contributed by atoms with E-state index in [2.05, 4.69) is 5.32 Å². The van der Waals surface area contributed by atoms with E-state index in [4.69, 9.17) is 10.2 Å². The monoisotopic (exact) mass is 191 g/mol. The molecule has 0 aliphatic carbocycles. The van der Waals surface area contributed by atoms with E-state index in [1.54, 1.807) is 0 Å². The van der Waals surface area contributed by atoms with Gasteiger partial charge in [0.15, 0.2) is 0 Å². The normalized spacial score (nSPS) is 28.7. The molecule has 1 saturated heterocycles.